The van der Waals surface area contributed by atoms with Crippen LogP contribution in [0.5, 0.6) is 0 Å². The van der Waals surface area contributed by atoms with Gasteiger partial charge in [-0.15, -0.1) is 0 Å². The zero-order chi connectivity index (χ0) is 13.1. The third-order valence-corrected chi connectivity index (χ3v) is 2.95. The van der Waals surface area contributed by atoms with Crippen LogP contribution in [-0.4, -0.2) is 9.97 Å². The molecule has 0 aliphatic carbocycles. The van der Waals surface area contributed by atoms with E-state index in [1.54, 1.807) is 19.2 Å². The molecule has 2 rings (SSSR count). The molecular formula is C13H11ClFN3. The lowest BCUT2D eigenvalue weighted by molar-refractivity contribution is 0.619. The molecule has 0 aliphatic heterocycles. The number of nitrogens with zero attached hydrogens (tertiary/aromatic N) is 2. The van der Waals surface area contributed by atoms with E-state index in [1.165, 1.54) is 6.07 Å². The van der Waals surface area contributed by atoms with Crippen molar-refractivity contribution in [2.75, 3.05) is 0 Å². The van der Waals surface area contributed by atoms with Gasteiger partial charge in [0.15, 0.2) is 0 Å². The first-order chi connectivity index (χ1) is 8.61. The molecule has 2 aromatic rings. The van der Waals surface area contributed by atoms with E-state index in [4.69, 9.17) is 16.9 Å². The maximum Gasteiger partial charge on any atom is 0.126 e. The number of H-pyrrole nitrogens is 1. The molecule has 0 aliphatic rings. The van der Waals surface area contributed by atoms with Gasteiger partial charge in [0.2, 0.25) is 0 Å². The third kappa shape index (κ3) is 2.52. The molecule has 0 bridgehead atoms. The number of aryl methyl sites for hydroxylation is 2. The van der Waals surface area contributed by atoms with Gasteiger partial charge < -0.3 is 4.98 Å². The zero-order valence-corrected chi connectivity index (χ0v) is 10.6. The summed E-state index contributed by atoms with van der Waals surface area (Å²) in [5.41, 5.74) is 1.75. The fraction of sp³-hybridized carbons (Fsp3) is 0.231. The van der Waals surface area contributed by atoms with Crippen LogP contribution in [-0.2, 0) is 6.42 Å². The second-order valence-corrected chi connectivity index (χ2v) is 4.39. The number of halogens is 2. The van der Waals surface area contributed by atoms with Crippen LogP contribution in [0.15, 0.2) is 18.3 Å². The summed E-state index contributed by atoms with van der Waals surface area (Å²) in [6.07, 6.45) is 2.54. The van der Waals surface area contributed by atoms with E-state index >= 15 is 0 Å². The van der Waals surface area contributed by atoms with Crippen LogP contribution < -0.4 is 0 Å². The molecule has 1 aromatic heterocycles. The molecule has 5 heteroatoms. The summed E-state index contributed by atoms with van der Waals surface area (Å²) in [5.74, 6) is 0.395. The van der Waals surface area contributed by atoms with Crippen molar-refractivity contribution < 1.29 is 4.39 Å². The normalized spacial score (nSPS) is 10.3. The molecule has 18 heavy (non-hydrogen) atoms. The van der Waals surface area contributed by atoms with Gasteiger partial charge in [0, 0.05) is 18.4 Å². The first-order valence-electron chi connectivity index (χ1n) is 5.48. The summed E-state index contributed by atoms with van der Waals surface area (Å²) >= 11 is 6.08. The summed E-state index contributed by atoms with van der Waals surface area (Å²) in [6.45, 7) is 1.66. The molecule has 1 N–H and O–H groups in total. The number of aromatic nitrogens is 2. The van der Waals surface area contributed by atoms with Gasteiger partial charge in [0.25, 0.3) is 0 Å². The van der Waals surface area contributed by atoms with Crippen LogP contribution in [0.4, 0.5) is 4.39 Å². The average Bonchev–Trinajstić information content (AvgIpc) is 2.79. The Morgan fingerprint density at radius 1 is 1.50 bits per heavy atom. The van der Waals surface area contributed by atoms with Gasteiger partial charge in [-0.3, -0.25) is 0 Å². The van der Waals surface area contributed by atoms with Crippen LogP contribution in [0.2, 0.25) is 5.02 Å². The second kappa shape index (κ2) is 5.19. The van der Waals surface area contributed by atoms with E-state index in [9.17, 15) is 4.39 Å². The van der Waals surface area contributed by atoms with Crippen molar-refractivity contribution in [3.63, 3.8) is 0 Å². The van der Waals surface area contributed by atoms with E-state index in [2.05, 4.69) is 9.97 Å². The van der Waals surface area contributed by atoms with Gasteiger partial charge in [-0.25, -0.2) is 9.37 Å². The number of nitriles is 1. The highest BCUT2D eigenvalue weighted by Gasteiger charge is 2.10. The molecule has 92 valence electrons. The van der Waals surface area contributed by atoms with Crippen molar-refractivity contribution in [3.05, 3.63) is 40.6 Å². The maximum absolute atomic E-state index is 13.5. The lowest BCUT2D eigenvalue weighted by Gasteiger charge is -2.04. The molecule has 0 radical (unpaired) electrons. The molecule has 0 amide bonds. The molecule has 0 atom stereocenters. The third-order valence-electron chi connectivity index (χ3n) is 2.64. The summed E-state index contributed by atoms with van der Waals surface area (Å²) in [5, 5.41) is 8.98. The second-order valence-electron chi connectivity index (χ2n) is 3.98. The topological polar surface area (TPSA) is 52.5 Å². The summed E-state index contributed by atoms with van der Waals surface area (Å²) in [4.78, 5) is 7.17. The highest BCUT2D eigenvalue weighted by Crippen LogP contribution is 2.29. The van der Waals surface area contributed by atoms with Gasteiger partial charge in [-0.05, 0) is 24.6 Å². The van der Waals surface area contributed by atoms with Crippen molar-refractivity contribution in [2.24, 2.45) is 0 Å². The minimum absolute atomic E-state index is 0.303. The highest BCUT2D eigenvalue weighted by atomic mass is 35.5. The zero-order valence-electron chi connectivity index (χ0n) is 9.80. The molecule has 0 spiro atoms. The molecule has 0 saturated carbocycles. The maximum atomic E-state index is 13.5. The van der Waals surface area contributed by atoms with Gasteiger partial charge in [-0.1, -0.05) is 11.6 Å². The number of hydrogen-bond acceptors (Lipinski definition) is 2. The molecule has 1 heterocycles. The largest absolute Gasteiger partial charge is 0.342 e. The van der Waals surface area contributed by atoms with Crippen LogP contribution in [0.1, 0.15) is 17.8 Å². The molecule has 0 fully saturated rings. The fourth-order valence-corrected chi connectivity index (χ4v) is 1.97. The molecular weight excluding hydrogens is 253 g/mol. The number of nitrogens with one attached hydrogen (secondary N) is 1. The predicted octanol–water partition coefficient (Wildman–Crippen LogP) is 3.63. The Hall–Kier alpha value is -1.86. The van der Waals surface area contributed by atoms with Gasteiger partial charge in [0.05, 0.1) is 23.0 Å². The van der Waals surface area contributed by atoms with Crippen molar-refractivity contribution in [1.29, 1.82) is 5.26 Å². The number of benzene rings is 1. The van der Waals surface area contributed by atoms with E-state index < -0.39 is 0 Å². The smallest absolute Gasteiger partial charge is 0.126 e. The summed E-state index contributed by atoms with van der Waals surface area (Å²) in [6, 6.07) is 5.02. The first-order valence-corrected chi connectivity index (χ1v) is 5.86. The molecule has 1 aromatic carbocycles. The number of aromatic amines is 1. The number of imidazole rings is 1. The summed E-state index contributed by atoms with van der Waals surface area (Å²) in [7, 11) is 0. The van der Waals surface area contributed by atoms with Gasteiger partial charge >= 0.3 is 0 Å². The lowest BCUT2D eigenvalue weighted by atomic mass is 10.1. The quantitative estimate of drug-likeness (QED) is 0.919. The van der Waals surface area contributed by atoms with Gasteiger partial charge in [-0.2, -0.15) is 5.26 Å². The Bertz CT molecular complexity index is 613. The first kappa shape index (κ1) is 12.6. The van der Waals surface area contributed by atoms with Crippen LogP contribution in [0, 0.1) is 24.1 Å². The Kier molecular flexibility index (Phi) is 3.63. The minimum Gasteiger partial charge on any atom is -0.342 e. The van der Waals surface area contributed by atoms with E-state index in [0.717, 1.165) is 0 Å². The summed E-state index contributed by atoms with van der Waals surface area (Å²) < 4.78 is 13.5. The Morgan fingerprint density at radius 2 is 2.28 bits per heavy atom. The van der Waals surface area contributed by atoms with E-state index in [-0.39, 0.29) is 5.82 Å². The van der Waals surface area contributed by atoms with Crippen LogP contribution in [0.25, 0.3) is 11.3 Å². The van der Waals surface area contributed by atoms with Gasteiger partial charge in [0.1, 0.15) is 11.6 Å². The van der Waals surface area contributed by atoms with Crippen molar-refractivity contribution in [2.45, 2.75) is 19.8 Å². The highest BCUT2D eigenvalue weighted by molar-refractivity contribution is 6.33. The SMILES string of the molecule is Cc1cc(Cl)c(-c2cnc(CCC#N)[nH]2)cc1F. The standard InChI is InChI=1S/C13H11ClFN3/c1-8-5-10(14)9(6-11(8)15)12-7-17-13(18-12)3-2-4-16/h5-7H,2-3H2,1H3,(H,17,18). The van der Waals surface area contributed by atoms with E-state index in [1.807, 2.05) is 6.07 Å². The molecule has 3 nitrogen and oxygen atoms in total. The van der Waals surface area contributed by atoms with Crippen molar-refractivity contribution in [3.8, 4) is 17.3 Å². The Balaban J connectivity index is 2.34. The number of rotatable bonds is 3. The van der Waals surface area contributed by atoms with Crippen LogP contribution in [0.3, 0.4) is 0 Å². The molecule has 0 unspecified atom stereocenters. The minimum atomic E-state index is -0.303. The van der Waals surface area contributed by atoms with Crippen molar-refractivity contribution >= 4 is 11.6 Å². The monoisotopic (exact) mass is 263 g/mol. The fourth-order valence-electron chi connectivity index (χ4n) is 1.65. The average molecular weight is 264 g/mol. The predicted molar refractivity (Wildman–Crippen MR) is 67.7 cm³/mol. The van der Waals surface area contributed by atoms with Crippen LogP contribution >= 0.6 is 11.6 Å². The molecule has 0 saturated heterocycles. The lowest BCUT2D eigenvalue weighted by Crippen LogP contribution is -1.89. The van der Waals surface area contributed by atoms with E-state index in [0.29, 0.717) is 40.5 Å². The Morgan fingerprint density at radius 3 is 3.00 bits per heavy atom. The van der Waals surface area contributed by atoms with Crippen molar-refractivity contribution in [1.82, 2.24) is 9.97 Å². The Labute approximate surface area is 109 Å². The number of hydrogen-bond donors (Lipinski definition) is 1.